The molecule has 5 heteroatoms. The molecule has 0 saturated carbocycles. The molecule has 4 aromatic carbocycles. The Labute approximate surface area is 189 Å². The van der Waals surface area contributed by atoms with Crippen LogP contribution >= 0.6 is 0 Å². The van der Waals surface area contributed by atoms with Gasteiger partial charge in [-0.2, -0.15) is 0 Å². The number of ether oxygens (including phenoxy) is 2. The molecule has 160 valence electrons. The van der Waals surface area contributed by atoms with Gasteiger partial charge in [-0.15, -0.1) is 0 Å². The average Bonchev–Trinajstić information content (AvgIpc) is 2.85. The largest absolute Gasteiger partial charge is 0.460 e. The monoisotopic (exact) mass is 434 g/mol. The van der Waals surface area contributed by atoms with Crippen LogP contribution in [-0.4, -0.2) is 5.97 Å². The lowest BCUT2D eigenvalue weighted by molar-refractivity contribution is -0.128. The molecule has 5 nitrogen and oxygen atoms in total. The summed E-state index contributed by atoms with van der Waals surface area (Å²) in [4.78, 5) is 25.0. The van der Waals surface area contributed by atoms with E-state index in [1.54, 1.807) is 24.3 Å². The quantitative estimate of drug-likeness (QED) is 0.183. The molecule has 0 radical (unpaired) electrons. The molecule has 5 rings (SSSR count). The van der Waals surface area contributed by atoms with Crippen LogP contribution in [0.3, 0.4) is 0 Å². The first kappa shape index (κ1) is 20.3. The van der Waals surface area contributed by atoms with Crippen molar-refractivity contribution in [3.8, 4) is 17.2 Å². The lowest BCUT2D eigenvalue weighted by Crippen LogP contribution is -2.06. The zero-order valence-electron chi connectivity index (χ0n) is 17.4. The SMILES string of the molecule is O=C(/C=C/c1ccccc1)Oc1ccc2c(=O)c(Oc3ccc4ccccc4c3)coc2c1. The highest BCUT2D eigenvalue weighted by atomic mass is 16.5. The molecular formula is C28H18O5. The van der Waals surface area contributed by atoms with E-state index in [-0.39, 0.29) is 16.9 Å². The number of hydrogen-bond acceptors (Lipinski definition) is 5. The number of benzene rings is 4. The smallest absolute Gasteiger partial charge is 0.336 e. The van der Waals surface area contributed by atoms with Crippen molar-refractivity contribution in [3.63, 3.8) is 0 Å². The van der Waals surface area contributed by atoms with Crippen LogP contribution in [0.5, 0.6) is 17.2 Å². The van der Waals surface area contributed by atoms with Crippen LogP contribution in [0, 0.1) is 0 Å². The number of rotatable bonds is 5. The number of hydrogen-bond donors (Lipinski definition) is 0. The maximum atomic E-state index is 12.9. The van der Waals surface area contributed by atoms with Gasteiger partial charge in [0.1, 0.15) is 23.3 Å². The van der Waals surface area contributed by atoms with Gasteiger partial charge in [0.05, 0.1) is 5.39 Å². The fourth-order valence-corrected chi connectivity index (χ4v) is 3.46. The van der Waals surface area contributed by atoms with E-state index < -0.39 is 5.97 Å². The topological polar surface area (TPSA) is 65.7 Å². The Hall–Kier alpha value is -4.64. The molecule has 1 aromatic heterocycles. The van der Waals surface area contributed by atoms with E-state index in [2.05, 4.69) is 0 Å². The molecule has 0 amide bonds. The molecule has 0 aliphatic rings. The number of carbonyl (C=O) groups excluding carboxylic acids is 1. The molecule has 0 saturated heterocycles. The van der Waals surface area contributed by atoms with E-state index in [9.17, 15) is 9.59 Å². The van der Waals surface area contributed by atoms with E-state index in [0.29, 0.717) is 16.7 Å². The summed E-state index contributed by atoms with van der Waals surface area (Å²) in [5, 5.41) is 2.41. The van der Waals surface area contributed by atoms with Gasteiger partial charge in [-0.25, -0.2) is 4.79 Å². The molecule has 0 aliphatic heterocycles. The number of esters is 1. The van der Waals surface area contributed by atoms with Gasteiger partial charge in [0, 0.05) is 12.1 Å². The normalized spacial score (nSPS) is 11.2. The van der Waals surface area contributed by atoms with Crippen molar-refractivity contribution in [2.24, 2.45) is 0 Å². The molecule has 0 spiro atoms. The first-order valence-corrected chi connectivity index (χ1v) is 10.3. The predicted octanol–water partition coefficient (Wildman–Crippen LogP) is 6.36. The second-order valence-corrected chi connectivity index (χ2v) is 7.36. The molecule has 1 heterocycles. The van der Waals surface area contributed by atoms with E-state index in [4.69, 9.17) is 13.9 Å². The zero-order valence-corrected chi connectivity index (χ0v) is 17.4. The molecule has 33 heavy (non-hydrogen) atoms. The maximum absolute atomic E-state index is 12.9. The summed E-state index contributed by atoms with van der Waals surface area (Å²) >= 11 is 0. The summed E-state index contributed by atoms with van der Waals surface area (Å²) in [6, 6.07) is 27.5. The van der Waals surface area contributed by atoms with E-state index in [0.717, 1.165) is 16.3 Å². The van der Waals surface area contributed by atoms with Gasteiger partial charge in [-0.1, -0.05) is 60.7 Å². The molecule has 0 aliphatic carbocycles. The summed E-state index contributed by atoms with van der Waals surface area (Å²) in [6.45, 7) is 0. The highest BCUT2D eigenvalue weighted by Crippen LogP contribution is 2.26. The highest BCUT2D eigenvalue weighted by Gasteiger charge is 2.11. The Morgan fingerprint density at radius 1 is 0.788 bits per heavy atom. The van der Waals surface area contributed by atoms with Crippen molar-refractivity contribution >= 4 is 33.8 Å². The Bertz CT molecular complexity index is 1550. The van der Waals surface area contributed by atoms with Gasteiger partial charge in [-0.05, 0) is 46.7 Å². The van der Waals surface area contributed by atoms with Crippen molar-refractivity contribution in [1.82, 2.24) is 0 Å². The molecular weight excluding hydrogens is 416 g/mol. The first-order valence-electron chi connectivity index (χ1n) is 10.3. The maximum Gasteiger partial charge on any atom is 0.336 e. The lowest BCUT2D eigenvalue weighted by Gasteiger charge is -2.07. The molecule has 0 atom stereocenters. The van der Waals surface area contributed by atoms with Crippen molar-refractivity contribution in [3.05, 3.63) is 119 Å². The van der Waals surface area contributed by atoms with E-state index in [1.807, 2.05) is 66.7 Å². The van der Waals surface area contributed by atoms with Gasteiger partial charge in [0.2, 0.25) is 11.2 Å². The highest BCUT2D eigenvalue weighted by molar-refractivity contribution is 5.89. The Kier molecular flexibility index (Phi) is 5.43. The number of carbonyl (C=O) groups is 1. The standard InChI is InChI=1S/C28H18O5/c29-27(15-10-19-6-2-1-3-7-19)33-23-13-14-24-25(17-23)31-18-26(28(24)30)32-22-12-11-20-8-4-5-9-21(20)16-22/h1-18H/b15-10+. The van der Waals surface area contributed by atoms with Crippen molar-refractivity contribution < 1.29 is 18.7 Å². The molecule has 0 fully saturated rings. The van der Waals surface area contributed by atoms with Crippen molar-refractivity contribution in [1.29, 1.82) is 0 Å². The van der Waals surface area contributed by atoms with Crippen LogP contribution in [0.25, 0.3) is 27.8 Å². The van der Waals surface area contributed by atoms with Gasteiger partial charge in [0.25, 0.3) is 0 Å². The minimum Gasteiger partial charge on any atom is -0.460 e. The zero-order chi connectivity index (χ0) is 22.6. The van der Waals surface area contributed by atoms with Crippen molar-refractivity contribution in [2.45, 2.75) is 0 Å². The average molecular weight is 434 g/mol. The third kappa shape index (κ3) is 4.52. The van der Waals surface area contributed by atoms with Crippen LogP contribution in [-0.2, 0) is 4.79 Å². The van der Waals surface area contributed by atoms with Gasteiger partial charge in [-0.3, -0.25) is 4.79 Å². The second-order valence-electron chi connectivity index (χ2n) is 7.36. The van der Waals surface area contributed by atoms with Gasteiger partial charge >= 0.3 is 5.97 Å². The number of fused-ring (bicyclic) bond motifs is 2. The second kappa shape index (κ2) is 8.85. The van der Waals surface area contributed by atoms with E-state index in [1.165, 1.54) is 18.4 Å². The van der Waals surface area contributed by atoms with Gasteiger partial charge < -0.3 is 13.9 Å². The molecule has 0 unspecified atom stereocenters. The summed E-state index contributed by atoms with van der Waals surface area (Å²) in [5.41, 5.74) is 0.868. The molecule has 0 bridgehead atoms. The fraction of sp³-hybridized carbons (Fsp3) is 0. The summed E-state index contributed by atoms with van der Waals surface area (Å²) in [7, 11) is 0. The van der Waals surface area contributed by atoms with Crippen LogP contribution in [0.15, 0.2) is 113 Å². The molecule has 5 aromatic rings. The summed E-state index contributed by atoms with van der Waals surface area (Å²) < 4.78 is 16.7. The van der Waals surface area contributed by atoms with Gasteiger partial charge in [0.15, 0.2) is 0 Å². The van der Waals surface area contributed by atoms with E-state index >= 15 is 0 Å². The summed E-state index contributed by atoms with van der Waals surface area (Å²) in [6.07, 6.45) is 4.27. The third-order valence-electron chi connectivity index (χ3n) is 5.09. The van der Waals surface area contributed by atoms with Crippen molar-refractivity contribution in [2.75, 3.05) is 0 Å². The third-order valence-corrected chi connectivity index (χ3v) is 5.09. The van der Waals surface area contributed by atoms with Crippen LogP contribution in [0.2, 0.25) is 0 Å². The predicted molar refractivity (Wildman–Crippen MR) is 128 cm³/mol. The Morgan fingerprint density at radius 2 is 1.55 bits per heavy atom. The first-order chi connectivity index (χ1) is 16.2. The van der Waals surface area contributed by atoms with Crippen LogP contribution in [0.1, 0.15) is 5.56 Å². The van der Waals surface area contributed by atoms with Crippen LogP contribution in [0.4, 0.5) is 0 Å². The Balaban J connectivity index is 1.35. The summed E-state index contributed by atoms with van der Waals surface area (Å²) in [5.74, 6) is 0.359. The minimum atomic E-state index is -0.531. The lowest BCUT2D eigenvalue weighted by atomic mass is 10.1. The fourth-order valence-electron chi connectivity index (χ4n) is 3.46. The molecule has 0 N–H and O–H groups in total. The van der Waals surface area contributed by atoms with Crippen LogP contribution < -0.4 is 14.9 Å². The Morgan fingerprint density at radius 3 is 2.39 bits per heavy atom. The minimum absolute atomic E-state index is 0.0771.